The van der Waals surface area contributed by atoms with Crippen molar-refractivity contribution in [3.8, 4) is 0 Å². The average molecular weight is 222 g/mol. The minimum atomic E-state index is 0.615. The van der Waals surface area contributed by atoms with Crippen LogP contribution in [0.4, 0.5) is 0 Å². The van der Waals surface area contributed by atoms with Gasteiger partial charge in [-0.25, -0.2) is 0 Å². The predicted molar refractivity (Wildman–Crippen MR) is 68.4 cm³/mol. The monoisotopic (exact) mass is 222 g/mol. The van der Waals surface area contributed by atoms with Crippen molar-refractivity contribution in [3.63, 3.8) is 0 Å². The molecule has 0 aromatic rings. The summed E-state index contributed by atoms with van der Waals surface area (Å²) in [5, 5.41) is 0. The molecule has 92 valence electrons. The zero-order valence-corrected chi connectivity index (χ0v) is 11.1. The van der Waals surface area contributed by atoms with E-state index >= 15 is 0 Å². The fourth-order valence-corrected chi connectivity index (χ4v) is 3.92. The number of fused-ring (bicyclic) bond motifs is 2. The molecule has 2 aliphatic rings. The van der Waals surface area contributed by atoms with E-state index in [0.29, 0.717) is 5.41 Å². The summed E-state index contributed by atoms with van der Waals surface area (Å²) in [6, 6.07) is 0. The standard InChI is InChI=1S/C15H26O/c1-4-15-8-12(3)6-13(9-15)7-14(10-15)11-16-5-2/h6,12,14H,4-5,7-11H2,1-3H3. The second-order valence-electron chi connectivity index (χ2n) is 5.97. The Hall–Kier alpha value is -0.300. The fraction of sp³-hybridized carbons (Fsp3) is 0.867. The molecule has 2 rings (SSSR count). The normalized spacial score (nSPS) is 38.3. The molecule has 0 aromatic carbocycles. The first kappa shape index (κ1) is 12.2. The van der Waals surface area contributed by atoms with Crippen molar-refractivity contribution >= 4 is 0 Å². The van der Waals surface area contributed by atoms with E-state index in [0.717, 1.165) is 25.0 Å². The summed E-state index contributed by atoms with van der Waals surface area (Å²) in [7, 11) is 0. The van der Waals surface area contributed by atoms with Crippen molar-refractivity contribution < 1.29 is 4.74 Å². The first-order valence-corrected chi connectivity index (χ1v) is 6.95. The molecular weight excluding hydrogens is 196 g/mol. The summed E-state index contributed by atoms with van der Waals surface area (Å²) in [6.45, 7) is 8.70. The third kappa shape index (κ3) is 2.51. The van der Waals surface area contributed by atoms with Gasteiger partial charge in [0, 0.05) is 13.2 Å². The van der Waals surface area contributed by atoms with Crippen molar-refractivity contribution in [1.29, 1.82) is 0 Å². The summed E-state index contributed by atoms with van der Waals surface area (Å²) in [5.74, 6) is 1.59. The number of allylic oxidation sites excluding steroid dienone is 2. The Morgan fingerprint density at radius 1 is 1.38 bits per heavy atom. The smallest absolute Gasteiger partial charge is 0.0497 e. The molecule has 2 aliphatic carbocycles. The van der Waals surface area contributed by atoms with Crippen LogP contribution in [0.2, 0.25) is 0 Å². The maximum atomic E-state index is 5.63. The molecule has 0 radical (unpaired) electrons. The van der Waals surface area contributed by atoms with Crippen molar-refractivity contribution in [3.05, 3.63) is 11.6 Å². The lowest BCUT2D eigenvalue weighted by Gasteiger charge is -2.46. The number of hydrogen-bond acceptors (Lipinski definition) is 1. The number of rotatable bonds is 4. The SMILES string of the molecule is CCOCC1CC2=CC(C)CC(CC)(C2)C1. The van der Waals surface area contributed by atoms with Gasteiger partial charge in [-0.1, -0.05) is 31.9 Å². The summed E-state index contributed by atoms with van der Waals surface area (Å²) >= 11 is 0. The van der Waals surface area contributed by atoms with Crippen LogP contribution in [0.15, 0.2) is 11.6 Å². The maximum Gasteiger partial charge on any atom is 0.0497 e. The highest BCUT2D eigenvalue weighted by Crippen LogP contribution is 2.51. The number of ether oxygens (including phenoxy) is 1. The molecule has 2 bridgehead atoms. The Labute approximate surface area is 100 Å². The first-order valence-electron chi connectivity index (χ1n) is 6.95. The van der Waals surface area contributed by atoms with Crippen molar-refractivity contribution in [1.82, 2.24) is 0 Å². The van der Waals surface area contributed by atoms with Gasteiger partial charge in [0.2, 0.25) is 0 Å². The number of hydrogen-bond donors (Lipinski definition) is 0. The lowest BCUT2D eigenvalue weighted by Crippen LogP contribution is -2.35. The van der Waals surface area contributed by atoms with Gasteiger partial charge in [-0.15, -0.1) is 0 Å². The van der Waals surface area contributed by atoms with Crippen molar-refractivity contribution in [2.75, 3.05) is 13.2 Å². The molecule has 0 aliphatic heterocycles. The minimum Gasteiger partial charge on any atom is -0.381 e. The van der Waals surface area contributed by atoms with E-state index in [1.807, 2.05) is 0 Å². The van der Waals surface area contributed by atoms with Crippen LogP contribution in [0.5, 0.6) is 0 Å². The Kier molecular flexibility index (Phi) is 3.73. The van der Waals surface area contributed by atoms with Gasteiger partial charge in [0.15, 0.2) is 0 Å². The molecular formula is C15H26O. The summed E-state index contributed by atoms with van der Waals surface area (Å²) in [5.41, 5.74) is 2.33. The Bertz CT molecular complexity index is 269. The largest absolute Gasteiger partial charge is 0.381 e. The van der Waals surface area contributed by atoms with Gasteiger partial charge in [0.1, 0.15) is 0 Å². The van der Waals surface area contributed by atoms with Crippen LogP contribution in [0.3, 0.4) is 0 Å². The first-order chi connectivity index (χ1) is 7.67. The van der Waals surface area contributed by atoms with Crippen LogP contribution in [0.25, 0.3) is 0 Å². The lowest BCUT2D eigenvalue weighted by molar-refractivity contribution is 0.0523. The van der Waals surface area contributed by atoms with E-state index in [1.54, 1.807) is 5.57 Å². The van der Waals surface area contributed by atoms with E-state index in [1.165, 1.54) is 32.1 Å². The third-order valence-corrected chi connectivity index (χ3v) is 4.46. The molecule has 1 saturated carbocycles. The van der Waals surface area contributed by atoms with E-state index in [9.17, 15) is 0 Å². The highest BCUT2D eigenvalue weighted by Gasteiger charge is 2.40. The maximum absolute atomic E-state index is 5.63. The molecule has 0 heterocycles. The average Bonchev–Trinajstić information content (AvgIpc) is 2.25. The fourth-order valence-electron chi connectivity index (χ4n) is 3.92. The zero-order valence-electron chi connectivity index (χ0n) is 11.1. The Morgan fingerprint density at radius 3 is 2.88 bits per heavy atom. The molecule has 1 heteroatoms. The molecule has 1 nitrogen and oxygen atoms in total. The molecule has 0 aromatic heterocycles. The van der Waals surface area contributed by atoms with E-state index < -0.39 is 0 Å². The quantitative estimate of drug-likeness (QED) is 0.648. The van der Waals surface area contributed by atoms with Gasteiger partial charge < -0.3 is 4.74 Å². The Balaban J connectivity index is 2.06. The van der Waals surface area contributed by atoms with Gasteiger partial charge in [-0.05, 0) is 49.9 Å². The van der Waals surface area contributed by atoms with Crippen molar-refractivity contribution in [2.45, 2.75) is 52.9 Å². The van der Waals surface area contributed by atoms with Gasteiger partial charge in [-0.3, -0.25) is 0 Å². The molecule has 0 amide bonds. The second kappa shape index (κ2) is 4.91. The van der Waals surface area contributed by atoms with E-state index in [-0.39, 0.29) is 0 Å². The highest BCUT2D eigenvalue weighted by molar-refractivity contribution is 5.17. The van der Waals surface area contributed by atoms with Crippen LogP contribution in [0, 0.1) is 17.3 Å². The van der Waals surface area contributed by atoms with Crippen LogP contribution in [-0.2, 0) is 4.74 Å². The third-order valence-electron chi connectivity index (χ3n) is 4.46. The van der Waals surface area contributed by atoms with Gasteiger partial charge in [0.25, 0.3) is 0 Å². The highest BCUT2D eigenvalue weighted by atomic mass is 16.5. The van der Waals surface area contributed by atoms with Crippen LogP contribution >= 0.6 is 0 Å². The predicted octanol–water partition coefficient (Wildman–Crippen LogP) is 4.19. The Morgan fingerprint density at radius 2 is 2.19 bits per heavy atom. The van der Waals surface area contributed by atoms with Crippen LogP contribution in [0.1, 0.15) is 52.9 Å². The molecule has 0 spiro atoms. The molecule has 16 heavy (non-hydrogen) atoms. The zero-order chi connectivity index (χ0) is 11.6. The topological polar surface area (TPSA) is 9.23 Å². The molecule has 3 atom stereocenters. The lowest BCUT2D eigenvalue weighted by atomic mass is 9.60. The minimum absolute atomic E-state index is 0.615. The molecule has 0 N–H and O–H groups in total. The van der Waals surface area contributed by atoms with Gasteiger partial charge in [0.05, 0.1) is 0 Å². The molecule has 3 unspecified atom stereocenters. The van der Waals surface area contributed by atoms with Crippen LogP contribution < -0.4 is 0 Å². The van der Waals surface area contributed by atoms with E-state index in [2.05, 4.69) is 26.8 Å². The summed E-state index contributed by atoms with van der Waals surface area (Å²) < 4.78 is 5.63. The summed E-state index contributed by atoms with van der Waals surface area (Å²) in [4.78, 5) is 0. The van der Waals surface area contributed by atoms with Gasteiger partial charge in [-0.2, -0.15) is 0 Å². The molecule has 0 saturated heterocycles. The van der Waals surface area contributed by atoms with Gasteiger partial charge >= 0.3 is 0 Å². The summed E-state index contributed by atoms with van der Waals surface area (Å²) in [6.07, 6.45) is 9.34. The second-order valence-corrected chi connectivity index (χ2v) is 5.97. The molecule has 1 fully saturated rings. The van der Waals surface area contributed by atoms with Crippen molar-refractivity contribution in [2.24, 2.45) is 17.3 Å². The van der Waals surface area contributed by atoms with E-state index in [4.69, 9.17) is 4.74 Å². The van der Waals surface area contributed by atoms with Crippen LogP contribution in [-0.4, -0.2) is 13.2 Å².